The third-order valence-corrected chi connectivity index (χ3v) is 4.00. The number of unbranched alkanes of at least 4 members (excludes halogenated alkanes) is 5. The smallest absolute Gasteiger partial charge is 0.305 e. The van der Waals surface area contributed by atoms with Crippen molar-refractivity contribution in [2.75, 3.05) is 17.2 Å². The zero-order valence-electron chi connectivity index (χ0n) is 9.38. The van der Waals surface area contributed by atoms with Crippen molar-refractivity contribution in [1.29, 1.82) is 0 Å². The maximum atomic E-state index is 13.2. The van der Waals surface area contributed by atoms with Crippen LogP contribution >= 0.6 is 30.3 Å². The highest BCUT2D eigenvalue weighted by molar-refractivity contribution is 14.1. The molecule has 2 nitrogen and oxygen atoms in total. The van der Waals surface area contributed by atoms with Crippen molar-refractivity contribution in [3.63, 3.8) is 0 Å². The molecule has 0 radical (unpaired) electrons. The van der Waals surface area contributed by atoms with Crippen LogP contribution in [0.2, 0.25) is 0 Å². The Hall–Kier alpha value is 0.850. The standard InChI is InChI=1S/C10H21FIO2P/c1-2-3-4-5-6-7-10-15(11,13)14-9-8-12/h2-10H2,1H3. The van der Waals surface area contributed by atoms with E-state index in [1.54, 1.807) is 0 Å². The van der Waals surface area contributed by atoms with Gasteiger partial charge in [0.25, 0.3) is 0 Å². The number of rotatable bonds is 10. The normalized spacial score (nSPS) is 15.1. The van der Waals surface area contributed by atoms with Crippen molar-refractivity contribution >= 4 is 30.3 Å². The molecule has 92 valence electrons. The van der Waals surface area contributed by atoms with Gasteiger partial charge in [0, 0.05) is 4.43 Å². The van der Waals surface area contributed by atoms with Gasteiger partial charge in [0.1, 0.15) is 0 Å². The lowest BCUT2D eigenvalue weighted by molar-refractivity contribution is 0.307. The number of hydrogen-bond acceptors (Lipinski definition) is 2. The van der Waals surface area contributed by atoms with E-state index < -0.39 is 7.68 Å². The molecule has 0 aromatic carbocycles. The van der Waals surface area contributed by atoms with Crippen molar-refractivity contribution < 1.29 is 13.3 Å². The van der Waals surface area contributed by atoms with Gasteiger partial charge in [-0.05, 0) is 6.42 Å². The molecule has 0 aliphatic rings. The van der Waals surface area contributed by atoms with E-state index in [1.165, 1.54) is 19.3 Å². The quantitative estimate of drug-likeness (QED) is 0.241. The zero-order valence-corrected chi connectivity index (χ0v) is 12.4. The van der Waals surface area contributed by atoms with Gasteiger partial charge in [0.15, 0.2) is 0 Å². The predicted octanol–water partition coefficient (Wildman–Crippen LogP) is 4.96. The highest BCUT2D eigenvalue weighted by atomic mass is 127. The first-order valence-corrected chi connectivity index (χ1v) is 8.84. The summed E-state index contributed by atoms with van der Waals surface area (Å²) in [6, 6.07) is 0. The summed E-state index contributed by atoms with van der Waals surface area (Å²) < 4.78 is 29.7. The molecule has 0 N–H and O–H groups in total. The Labute approximate surface area is 106 Å². The van der Waals surface area contributed by atoms with Crippen LogP contribution in [0.5, 0.6) is 0 Å². The van der Waals surface area contributed by atoms with Crippen LogP contribution in [0.25, 0.3) is 0 Å². The van der Waals surface area contributed by atoms with Gasteiger partial charge in [-0.2, -0.15) is 4.20 Å². The first-order valence-electron chi connectivity index (χ1n) is 5.61. The summed E-state index contributed by atoms with van der Waals surface area (Å²) in [5, 5.41) is 0. The molecule has 1 unspecified atom stereocenters. The fourth-order valence-corrected chi connectivity index (χ4v) is 2.98. The van der Waals surface area contributed by atoms with Crippen LogP contribution < -0.4 is 0 Å². The minimum Gasteiger partial charge on any atom is -0.305 e. The summed E-state index contributed by atoms with van der Waals surface area (Å²) in [5.74, 6) is 0. The predicted molar refractivity (Wildman–Crippen MR) is 71.8 cm³/mol. The Bertz CT molecular complexity index is 190. The van der Waals surface area contributed by atoms with Crippen molar-refractivity contribution in [2.24, 2.45) is 0 Å². The molecule has 0 amide bonds. The van der Waals surface area contributed by atoms with Gasteiger partial charge in [-0.1, -0.05) is 61.6 Å². The van der Waals surface area contributed by atoms with Gasteiger partial charge in [0.05, 0.1) is 12.8 Å². The highest BCUT2D eigenvalue weighted by Crippen LogP contribution is 2.49. The molecule has 0 aliphatic heterocycles. The van der Waals surface area contributed by atoms with Crippen LogP contribution in [0, 0.1) is 0 Å². The van der Waals surface area contributed by atoms with Crippen molar-refractivity contribution in [1.82, 2.24) is 0 Å². The monoisotopic (exact) mass is 350 g/mol. The van der Waals surface area contributed by atoms with Crippen LogP contribution in [-0.2, 0) is 9.09 Å². The summed E-state index contributed by atoms with van der Waals surface area (Å²) in [6.45, 7) is 2.41. The first kappa shape index (κ1) is 15.9. The Morgan fingerprint density at radius 2 is 1.80 bits per heavy atom. The molecule has 0 spiro atoms. The number of alkyl halides is 1. The van der Waals surface area contributed by atoms with Crippen LogP contribution in [0.4, 0.5) is 4.20 Å². The van der Waals surface area contributed by atoms with E-state index in [0.717, 1.165) is 12.8 Å². The van der Waals surface area contributed by atoms with E-state index in [9.17, 15) is 8.76 Å². The maximum absolute atomic E-state index is 13.2. The van der Waals surface area contributed by atoms with E-state index in [1.807, 2.05) is 0 Å². The Morgan fingerprint density at radius 1 is 1.20 bits per heavy atom. The van der Waals surface area contributed by atoms with Gasteiger partial charge in [-0.3, -0.25) is 4.57 Å². The molecule has 5 heteroatoms. The van der Waals surface area contributed by atoms with Crippen LogP contribution in [0.15, 0.2) is 0 Å². The Morgan fingerprint density at radius 3 is 2.40 bits per heavy atom. The third kappa shape index (κ3) is 11.1. The molecule has 0 rings (SSSR count). The Kier molecular flexibility index (Phi) is 10.6. The fourth-order valence-electron chi connectivity index (χ4n) is 1.32. The lowest BCUT2D eigenvalue weighted by Crippen LogP contribution is -1.94. The summed E-state index contributed by atoms with van der Waals surface area (Å²) in [6.07, 6.45) is 6.48. The molecule has 0 bridgehead atoms. The second-order valence-corrected chi connectivity index (χ2v) is 6.57. The van der Waals surface area contributed by atoms with Crippen LogP contribution in [-0.4, -0.2) is 17.2 Å². The van der Waals surface area contributed by atoms with Crippen molar-refractivity contribution in [3.05, 3.63) is 0 Å². The minimum atomic E-state index is -3.77. The van der Waals surface area contributed by atoms with E-state index in [4.69, 9.17) is 0 Å². The van der Waals surface area contributed by atoms with Crippen LogP contribution in [0.3, 0.4) is 0 Å². The number of hydrogen-bond donors (Lipinski definition) is 0. The van der Waals surface area contributed by atoms with Crippen molar-refractivity contribution in [3.8, 4) is 0 Å². The topological polar surface area (TPSA) is 26.3 Å². The fraction of sp³-hybridized carbons (Fsp3) is 1.00. The lowest BCUT2D eigenvalue weighted by atomic mass is 10.1. The van der Waals surface area contributed by atoms with E-state index in [2.05, 4.69) is 34.0 Å². The molecule has 0 heterocycles. The minimum absolute atomic E-state index is 0.0930. The summed E-state index contributed by atoms with van der Waals surface area (Å²) in [4.78, 5) is 0. The average molecular weight is 350 g/mol. The van der Waals surface area contributed by atoms with Gasteiger partial charge < -0.3 is 4.52 Å². The largest absolute Gasteiger partial charge is 0.367 e. The van der Waals surface area contributed by atoms with Gasteiger partial charge in [0.2, 0.25) is 0 Å². The molecule has 0 aliphatic carbocycles. The SMILES string of the molecule is CCCCCCCCP(=O)(F)OCCI. The molecule has 0 aromatic rings. The molecular weight excluding hydrogens is 329 g/mol. The second-order valence-electron chi connectivity index (χ2n) is 3.60. The van der Waals surface area contributed by atoms with E-state index in [0.29, 0.717) is 10.8 Å². The average Bonchev–Trinajstić information content (AvgIpc) is 2.20. The van der Waals surface area contributed by atoms with Gasteiger partial charge in [-0.15, -0.1) is 0 Å². The molecule has 0 saturated carbocycles. The van der Waals surface area contributed by atoms with E-state index in [-0.39, 0.29) is 12.8 Å². The molecular formula is C10H21FIO2P. The summed E-state index contributed by atoms with van der Waals surface area (Å²) in [7, 11) is -3.77. The maximum Gasteiger partial charge on any atom is 0.367 e. The highest BCUT2D eigenvalue weighted by Gasteiger charge is 2.20. The van der Waals surface area contributed by atoms with Crippen LogP contribution in [0.1, 0.15) is 45.4 Å². The number of halogens is 2. The van der Waals surface area contributed by atoms with Gasteiger partial charge in [-0.25, -0.2) is 0 Å². The Balaban J connectivity index is 3.36. The first-order chi connectivity index (χ1) is 7.12. The van der Waals surface area contributed by atoms with Crippen molar-refractivity contribution in [2.45, 2.75) is 45.4 Å². The molecule has 1 atom stereocenters. The zero-order chi connectivity index (χ0) is 11.6. The van der Waals surface area contributed by atoms with E-state index >= 15 is 0 Å². The second kappa shape index (κ2) is 10.0. The molecule has 15 heavy (non-hydrogen) atoms. The third-order valence-electron chi connectivity index (χ3n) is 2.14. The van der Waals surface area contributed by atoms with Gasteiger partial charge >= 0.3 is 7.68 Å². The molecule has 0 saturated heterocycles. The summed E-state index contributed by atoms with van der Waals surface area (Å²) >= 11 is 2.07. The molecule has 0 aromatic heterocycles. The molecule has 0 fully saturated rings. The lowest BCUT2D eigenvalue weighted by Gasteiger charge is -2.08. The summed E-state index contributed by atoms with van der Waals surface area (Å²) in [5.41, 5.74) is 0.